The van der Waals surface area contributed by atoms with Crippen molar-refractivity contribution >= 4 is 15.8 Å². The van der Waals surface area contributed by atoms with Gasteiger partial charge in [0.05, 0.1) is 5.75 Å². The van der Waals surface area contributed by atoms with Crippen molar-refractivity contribution in [2.45, 2.75) is 25.0 Å². The fraction of sp³-hybridized carbons (Fsp3) is 0.417. The second-order valence-corrected chi connectivity index (χ2v) is 6.27. The molecule has 0 heterocycles. The fourth-order valence-corrected chi connectivity index (χ4v) is 2.35. The van der Waals surface area contributed by atoms with E-state index in [0.717, 1.165) is 11.1 Å². The molecule has 0 radical (unpaired) electrons. The number of benzene rings is 1. The lowest BCUT2D eigenvalue weighted by Gasteiger charge is -2.02. The molecule has 94 valence electrons. The van der Waals surface area contributed by atoms with Crippen LogP contribution in [0.25, 0.3) is 0 Å². The molecule has 1 aromatic rings. The van der Waals surface area contributed by atoms with E-state index in [1.165, 1.54) is 6.26 Å². The Labute approximate surface area is 101 Å². The van der Waals surface area contributed by atoms with E-state index in [-0.39, 0.29) is 12.2 Å². The molecule has 0 aliphatic carbocycles. The molecule has 0 unspecified atom stereocenters. The number of carboxylic acids is 1. The van der Waals surface area contributed by atoms with E-state index in [9.17, 15) is 13.2 Å². The third-order valence-corrected chi connectivity index (χ3v) is 3.17. The molecule has 5 heteroatoms. The van der Waals surface area contributed by atoms with Crippen molar-refractivity contribution in [3.63, 3.8) is 0 Å². The van der Waals surface area contributed by atoms with Crippen LogP contribution in [0.3, 0.4) is 0 Å². The lowest BCUT2D eigenvalue weighted by molar-refractivity contribution is -0.137. The molecule has 0 saturated carbocycles. The van der Waals surface area contributed by atoms with Crippen molar-refractivity contribution in [3.05, 3.63) is 35.4 Å². The molecule has 1 aromatic carbocycles. The smallest absolute Gasteiger partial charge is 0.303 e. The first kappa shape index (κ1) is 13.7. The van der Waals surface area contributed by atoms with Crippen LogP contribution >= 0.6 is 0 Å². The van der Waals surface area contributed by atoms with Gasteiger partial charge in [-0.15, -0.1) is 0 Å². The minimum Gasteiger partial charge on any atom is -0.481 e. The second-order valence-electron chi connectivity index (χ2n) is 4.13. The lowest BCUT2D eigenvalue weighted by Crippen LogP contribution is -2.01. The van der Waals surface area contributed by atoms with Crippen molar-refractivity contribution < 1.29 is 18.3 Å². The monoisotopic (exact) mass is 256 g/mol. The Kier molecular flexibility index (Phi) is 4.69. The summed E-state index contributed by atoms with van der Waals surface area (Å²) in [6.07, 6.45) is 2.66. The first-order valence-corrected chi connectivity index (χ1v) is 7.40. The molecule has 0 aliphatic heterocycles. The fourth-order valence-electron chi connectivity index (χ4n) is 1.55. The molecule has 0 saturated heterocycles. The summed E-state index contributed by atoms with van der Waals surface area (Å²) in [7, 11) is -3.00. The Morgan fingerprint density at radius 3 is 2.18 bits per heavy atom. The molecule has 0 spiro atoms. The van der Waals surface area contributed by atoms with Crippen LogP contribution in [0.1, 0.15) is 24.0 Å². The van der Waals surface area contributed by atoms with E-state index < -0.39 is 15.8 Å². The predicted octanol–water partition coefficient (Wildman–Crippen LogP) is 1.64. The van der Waals surface area contributed by atoms with E-state index in [2.05, 4.69) is 0 Å². The van der Waals surface area contributed by atoms with Gasteiger partial charge in [-0.3, -0.25) is 4.79 Å². The summed E-state index contributed by atoms with van der Waals surface area (Å²) >= 11 is 0. The average Bonchev–Trinajstić information content (AvgIpc) is 2.18. The zero-order valence-electron chi connectivity index (χ0n) is 9.72. The molecule has 0 bridgehead atoms. The van der Waals surface area contributed by atoms with Gasteiger partial charge < -0.3 is 5.11 Å². The van der Waals surface area contributed by atoms with Crippen LogP contribution in [-0.2, 0) is 26.8 Å². The Morgan fingerprint density at radius 2 is 1.71 bits per heavy atom. The molecule has 0 atom stereocenters. The normalized spacial score (nSPS) is 11.4. The van der Waals surface area contributed by atoms with Gasteiger partial charge in [-0.05, 0) is 24.0 Å². The largest absolute Gasteiger partial charge is 0.481 e. The van der Waals surface area contributed by atoms with Crippen molar-refractivity contribution in [2.75, 3.05) is 6.26 Å². The van der Waals surface area contributed by atoms with Crippen molar-refractivity contribution in [1.82, 2.24) is 0 Å². The Hall–Kier alpha value is -1.36. The van der Waals surface area contributed by atoms with E-state index in [0.29, 0.717) is 12.8 Å². The van der Waals surface area contributed by atoms with Gasteiger partial charge >= 0.3 is 5.97 Å². The molecular formula is C12H16O4S. The Bertz CT molecular complexity index is 474. The molecule has 0 aromatic heterocycles. The summed E-state index contributed by atoms with van der Waals surface area (Å²) in [6, 6.07) is 7.25. The number of aliphatic carboxylic acids is 1. The van der Waals surface area contributed by atoms with Gasteiger partial charge in [-0.25, -0.2) is 8.42 Å². The van der Waals surface area contributed by atoms with Gasteiger partial charge in [0.2, 0.25) is 0 Å². The molecule has 1 N–H and O–H groups in total. The summed E-state index contributed by atoms with van der Waals surface area (Å²) < 4.78 is 22.1. The van der Waals surface area contributed by atoms with Crippen molar-refractivity contribution in [1.29, 1.82) is 0 Å². The van der Waals surface area contributed by atoms with E-state index >= 15 is 0 Å². The van der Waals surface area contributed by atoms with Crippen LogP contribution in [-0.4, -0.2) is 25.7 Å². The lowest BCUT2D eigenvalue weighted by atomic mass is 10.1. The Morgan fingerprint density at radius 1 is 1.18 bits per heavy atom. The number of carboxylic acid groups (broad SMARTS) is 1. The maximum atomic E-state index is 11.1. The van der Waals surface area contributed by atoms with Crippen molar-refractivity contribution in [2.24, 2.45) is 0 Å². The van der Waals surface area contributed by atoms with Gasteiger partial charge in [0.25, 0.3) is 0 Å². The van der Waals surface area contributed by atoms with Gasteiger partial charge in [0, 0.05) is 12.7 Å². The molecule has 0 aliphatic rings. The molecule has 1 rings (SSSR count). The highest BCUT2D eigenvalue weighted by atomic mass is 32.2. The summed E-state index contributed by atoms with van der Waals surface area (Å²) in [5.74, 6) is -0.749. The van der Waals surface area contributed by atoms with E-state index in [1.54, 1.807) is 12.1 Å². The average molecular weight is 256 g/mol. The van der Waals surface area contributed by atoms with Crippen LogP contribution in [0, 0.1) is 0 Å². The number of hydrogen-bond donors (Lipinski definition) is 1. The summed E-state index contributed by atoms with van der Waals surface area (Å²) in [6.45, 7) is 0. The third kappa shape index (κ3) is 6.06. The maximum Gasteiger partial charge on any atom is 0.303 e. The molecule has 4 nitrogen and oxygen atoms in total. The molecule has 0 fully saturated rings. The van der Waals surface area contributed by atoms with Crippen LogP contribution in [0.2, 0.25) is 0 Å². The number of carbonyl (C=O) groups is 1. The maximum absolute atomic E-state index is 11.1. The summed E-state index contributed by atoms with van der Waals surface area (Å²) in [5.41, 5.74) is 1.79. The van der Waals surface area contributed by atoms with E-state index in [4.69, 9.17) is 5.11 Å². The zero-order chi connectivity index (χ0) is 12.9. The zero-order valence-corrected chi connectivity index (χ0v) is 10.5. The summed E-state index contributed by atoms with van der Waals surface area (Å²) in [5, 5.41) is 8.50. The summed E-state index contributed by atoms with van der Waals surface area (Å²) in [4.78, 5) is 10.3. The first-order valence-electron chi connectivity index (χ1n) is 5.34. The highest BCUT2D eigenvalue weighted by Gasteiger charge is 2.04. The number of hydrogen-bond acceptors (Lipinski definition) is 3. The minimum absolute atomic E-state index is 0.0441. The van der Waals surface area contributed by atoms with Crippen LogP contribution < -0.4 is 0 Å². The standard InChI is InChI=1S/C12H16O4S/c1-17(15,16)9-11-7-5-10(6-8-11)3-2-4-12(13)14/h5-8H,2-4,9H2,1H3,(H,13,14). The number of aryl methyl sites for hydroxylation is 1. The highest BCUT2D eigenvalue weighted by molar-refractivity contribution is 7.89. The molecule has 0 amide bonds. The predicted molar refractivity (Wildman–Crippen MR) is 65.6 cm³/mol. The quantitative estimate of drug-likeness (QED) is 0.839. The van der Waals surface area contributed by atoms with Crippen LogP contribution in [0.5, 0.6) is 0 Å². The van der Waals surface area contributed by atoms with Crippen LogP contribution in [0.15, 0.2) is 24.3 Å². The Balaban J connectivity index is 2.53. The number of rotatable bonds is 6. The second kappa shape index (κ2) is 5.82. The minimum atomic E-state index is -3.00. The van der Waals surface area contributed by atoms with Crippen LogP contribution in [0.4, 0.5) is 0 Å². The van der Waals surface area contributed by atoms with Gasteiger partial charge in [0.15, 0.2) is 9.84 Å². The topological polar surface area (TPSA) is 71.4 Å². The van der Waals surface area contributed by atoms with Crippen molar-refractivity contribution in [3.8, 4) is 0 Å². The van der Waals surface area contributed by atoms with Gasteiger partial charge in [0.1, 0.15) is 0 Å². The van der Waals surface area contributed by atoms with Gasteiger partial charge in [-0.2, -0.15) is 0 Å². The molecular weight excluding hydrogens is 240 g/mol. The molecule has 17 heavy (non-hydrogen) atoms. The van der Waals surface area contributed by atoms with E-state index in [1.807, 2.05) is 12.1 Å². The number of sulfone groups is 1. The SMILES string of the molecule is CS(=O)(=O)Cc1ccc(CCCC(=O)O)cc1. The highest BCUT2D eigenvalue weighted by Crippen LogP contribution is 2.10. The third-order valence-electron chi connectivity index (χ3n) is 2.31. The van der Waals surface area contributed by atoms with Gasteiger partial charge in [-0.1, -0.05) is 24.3 Å². The first-order chi connectivity index (χ1) is 7.87.